The minimum Gasteiger partial charge on any atom is -0.396 e. The molecule has 1 aromatic rings. The molecule has 1 fully saturated rings. The van der Waals surface area contributed by atoms with E-state index in [1.807, 2.05) is 32.0 Å². The minimum absolute atomic E-state index is 0.00769. The second kappa shape index (κ2) is 6.20. The Labute approximate surface area is 115 Å². The molecule has 0 aromatic heterocycles. The molecule has 19 heavy (non-hydrogen) atoms. The van der Waals surface area contributed by atoms with Gasteiger partial charge in [0.15, 0.2) is 0 Å². The molecule has 0 spiro atoms. The second-order valence-electron chi connectivity index (χ2n) is 5.64. The molecular weight excluding hydrogens is 238 g/mol. The van der Waals surface area contributed by atoms with Crippen LogP contribution < -0.4 is 5.32 Å². The van der Waals surface area contributed by atoms with Crippen molar-refractivity contribution in [2.45, 2.75) is 33.1 Å². The van der Waals surface area contributed by atoms with Gasteiger partial charge in [-0.3, -0.25) is 4.79 Å². The van der Waals surface area contributed by atoms with Crippen molar-refractivity contribution in [3.8, 4) is 0 Å². The van der Waals surface area contributed by atoms with Crippen LogP contribution in [0.2, 0.25) is 0 Å². The first-order chi connectivity index (χ1) is 9.11. The average molecular weight is 261 g/mol. The van der Waals surface area contributed by atoms with Crippen molar-refractivity contribution in [3.63, 3.8) is 0 Å². The summed E-state index contributed by atoms with van der Waals surface area (Å²) in [5, 5.41) is 12.3. The zero-order valence-electron chi connectivity index (χ0n) is 11.8. The molecule has 1 amide bonds. The maximum atomic E-state index is 12.1. The Hall–Kier alpha value is -1.35. The fourth-order valence-corrected chi connectivity index (χ4v) is 2.83. The number of carbonyl (C=O) groups is 1. The van der Waals surface area contributed by atoms with Crippen molar-refractivity contribution in [2.75, 3.05) is 13.2 Å². The van der Waals surface area contributed by atoms with Gasteiger partial charge in [-0.1, -0.05) is 12.5 Å². The summed E-state index contributed by atoms with van der Waals surface area (Å²) in [6.45, 7) is 4.98. The molecule has 0 radical (unpaired) electrons. The summed E-state index contributed by atoms with van der Waals surface area (Å²) in [6.07, 6.45) is 3.36. The maximum absolute atomic E-state index is 12.1. The Morgan fingerprint density at radius 1 is 1.26 bits per heavy atom. The van der Waals surface area contributed by atoms with E-state index in [9.17, 15) is 9.90 Å². The highest BCUT2D eigenvalue weighted by Crippen LogP contribution is 2.30. The number of aryl methyl sites for hydroxylation is 2. The lowest BCUT2D eigenvalue weighted by Crippen LogP contribution is -2.31. The van der Waals surface area contributed by atoms with E-state index in [4.69, 9.17) is 0 Å². The van der Waals surface area contributed by atoms with Crippen molar-refractivity contribution in [2.24, 2.45) is 11.8 Å². The van der Waals surface area contributed by atoms with Gasteiger partial charge < -0.3 is 10.4 Å². The molecule has 0 bridgehead atoms. The largest absolute Gasteiger partial charge is 0.396 e. The molecule has 2 unspecified atom stereocenters. The van der Waals surface area contributed by atoms with Gasteiger partial charge in [-0.25, -0.2) is 0 Å². The average Bonchev–Trinajstić information content (AvgIpc) is 2.86. The highest BCUT2D eigenvalue weighted by Gasteiger charge is 2.26. The number of amides is 1. The normalized spacial score (nSPS) is 22.5. The molecule has 3 nitrogen and oxygen atoms in total. The summed E-state index contributed by atoms with van der Waals surface area (Å²) in [5.41, 5.74) is 3.07. The van der Waals surface area contributed by atoms with Crippen molar-refractivity contribution in [1.82, 2.24) is 5.32 Å². The number of hydrogen-bond donors (Lipinski definition) is 2. The Balaban J connectivity index is 1.92. The monoisotopic (exact) mass is 261 g/mol. The van der Waals surface area contributed by atoms with E-state index in [1.54, 1.807) is 0 Å². The van der Waals surface area contributed by atoms with Crippen LogP contribution in [0.3, 0.4) is 0 Å². The molecule has 1 aromatic carbocycles. The quantitative estimate of drug-likeness (QED) is 0.874. The topological polar surface area (TPSA) is 49.3 Å². The summed E-state index contributed by atoms with van der Waals surface area (Å²) in [7, 11) is 0. The van der Waals surface area contributed by atoms with E-state index >= 15 is 0 Å². The molecule has 0 aliphatic heterocycles. The number of aliphatic hydroxyl groups is 1. The number of rotatable bonds is 4. The van der Waals surface area contributed by atoms with E-state index in [2.05, 4.69) is 5.32 Å². The zero-order chi connectivity index (χ0) is 13.8. The Kier molecular flexibility index (Phi) is 4.59. The van der Waals surface area contributed by atoms with Crippen molar-refractivity contribution in [1.29, 1.82) is 0 Å². The lowest BCUT2D eigenvalue weighted by atomic mass is 9.97. The summed E-state index contributed by atoms with van der Waals surface area (Å²) < 4.78 is 0. The predicted octanol–water partition coefficient (Wildman–Crippen LogP) is 2.44. The molecule has 0 saturated heterocycles. The molecule has 1 aliphatic rings. The smallest absolute Gasteiger partial charge is 0.251 e. The Morgan fingerprint density at radius 3 is 2.68 bits per heavy atom. The number of aliphatic hydroxyl groups excluding tert-OH is 1. The SMILES string of the molecule is Cc1ccc(C(=O)NCC2CCCC2CO)cc1C. The number of hydrogen-bond acceptors (Lipinski definition) is 2. The van der Waals surface area contributed by atoms with E-state index in [1.165, 1.54) is 5.56 Å². The fraction of sp³-hybridized carbons (Fsp3) is 0.562. The van der Waals surface area contributed by atoms with Crippen LogP contribution in [0.1, 0.15) is 40.7 Å². The molecule has 2 rings (SSSR count). The number of nitrogens with one attached hydrogen (secondary N) is 1. The van der Waals surface area contributed by atoms with Crippen molar-refractivity contribution in [3.05, 3.63) is 34.9 Å². The third kappa shape index (κ3) is 3.35. The van der Waals surface area contributed by atoms with E-state index in [0.717, 1.165) is 30.4 Å². The van der Waals surface area contributed by atoms with Crippen LogP contribution in [0, 0.1) is 25.7 Å². The van der Waals surface area contributed by atoms with E-state index in [0.29, 0.717) is 18.4 Å². The third-order valence-electron chi connectivity index (χ3n) is 4.34. The van der Waals surface area contributed by atoms with Gasteiger partial charge in [0.2, 0.25) is 0 Å². The molecule has 0 heterocycles. The van der Waals surface area contributed by atoms with Crippen molar-refractivity contribution < 1.29 is 9.90 Å². The van der Waals surface area contributed by atoms with Crippen molar-refractivity contribution >= 4 is 5.91 Å². The summed E-state index contributed by atoms with van der Waals surface area (Å²) in [4.78, 5) is 12.1. The van der Waals surface area contributed by atoms with Gasteiger partial charge in [-0.15, -0.1) is 0 Å². The Morgan fingerprint density at radius 2 is 2.00 bits per heavy atom. The number of carbonyl (C=O) groups excluding carboxylic acids is 1. The summed E-state index contributed by atoms with van der Waals surface area (Å²) in [6, 6.07) is 5.79. The molecular formula is C16H23NO2. The first-order valence-corrected chi connectivity index (χ1v) is 7.08. The van der Waals surface area contributed by atoms with Crippen LogP contribution in [0.15, 0.2) is 18.2 Å². The van der Waals surface area contributed by atoms with Gasteiger partial charge in [0.1, 0.15) is 0 Å². The molecule has 3 heteroatoms. The third-order valence-corrected chi connectivity index (χ3v) is 4.34. The minimum atomic E-state index is -0.00769. The summed E-state index contributed by atoms with van der Waals surface area (Å²) >= 11 is 0. The highest BCUT2D eigenvalue weighted by atomic mass is 16.3. The lowest BCUT2D eigenvalue weighted by molar-refractivity contribution is 0.0937. The molecule has 2 atom stereocenters. The highest BCUT2D eigenvalue weighted by molar-refractivity contribution is 5.94. The maximum Gasteiger partial charge on any atom is 0.251 e. The predicted molar refractivity (Wildman–Crippen MR) is 76.2 cm³/mol. The van der Waals surface area contributed by atoms with Gasteiger partial charge in [0.25, 0.3) is 5.91 Å². The first kappa shape index (κ1) is 14.1. The second-order valence-corrected chi connectivity index (χ2v) is 5.64. The van der Waals surface area contributed by atoms with Gasteiger partial charge in [-0.05, 0) is 61.8 Å². The molecule has 1 aliphatic carbocycles. The lowest BCUT2D eigenvalue weighted by Gasteiger charge is -2.18. The van der Waals surface area contributed by atoms with Crippen LogP contribution in [0.5, 0.6) is 0 Å². The van der Waals surface area contributed by atoms with Crippen LogP contribution >= 0.6 is 0 Å². The van der Waals surface area contributed by atoms with Gasteiger partial charge in [0.05, 0.1) is 0 Å². The van der Waals surface area contributed by atoms with Crippen LogP contribution in [0.4, 0.5) is 0 Å². The van der Waals surface area contributed by atoms with Gasteiger partial charge >= 0.3 is 0 Å². The van der Waals surface area contributed by atoms with E-state index < -0.39 is 0 Å². The molecule has 104 valence electrons. The first-order valence-electron chi connectivity index (χ1n) is 7.08. The standard InChI is InChI=1S/C16H23NO2/c1-11-6-7-13(8-12(11)2)16(19)17-9-14-4-3-5-15(14)10-18/h6-8,14-15,18H,3-5,9-10H2,1-2H3,(H,17,19). The number of benzene rings is 1. The fourth-order valence-electron chi connectivity index (χ4n) is 2.83. The van der Waals surface area contributed by atoms with Crippen LogP contribution in [-0.2, 0) is 0 Å². The van der Waals surface area contributed by atoms with Crippen LogP contribution in [-0.4, -0.2) is 24.2 Å². The van der Waals surface area contributed by atoms with Gasteiger partial charge in [0, 0.05) is 18.7 Å². The van der Waals surface area contributed by atoms with Gasteiger partial charge in [-0.2, -0.15) is 0 Å². The van der Waals surface area contributed by atoms with Crippen LogP contribution in [0.25, 0.3) is 0 Å². The molecule has 2 N–H and O–H groups in total. The summed E-state index contributed by atoms with van der Waals surface area (Å²) in [5.74, 6) is 0.784. The zero-order valence-corrected chi connectivity index (χ0v) is 11.8. The Bertz CT molecular complexity index is 456. The molecule has 1 saturated carbocycles. The van der Waals surface area contributed by atoms with E-state index in [-0.39, 0.29) is 12.5 Å².